The van der Waals surface area contributed by atoms with Gasteiger partial charge < -0.3 is 15.0 Å². The molecule has 1 aromatic rings. The van der Waals surface area contributed by atoms with Crippen LogP contribution in [0.15, 0.2) is 15.6 Å². The second kappa shape index (κ2) is 4.42. The largest absolute Gasteiger partial charge is 0.381 e. The Morgan fingerprint density at radius 2 is 2.35 bits per heavy atom. The van der Waals surface area contributed by atoms with Gasteiger partial charge in [0.2, 0.25) is 0 Å². The third kappa shape index (κ3) is 2.11. The maximum Gasteiger partial charge on any atom is 0.267 e. The number of anilines is 1. The Morgan fingerprint density at radius 3 is 2.94 bits per heavy atom. The molecule has 0 bridgehead atoms. The molecule has 0 spiro atoms. The van der Waals surface area contributed by atoms with Crippen molar-refractivity contribution in [3.05, 3.63) is 21.2 Å². The molecule has 1 aliphatic rings. The summed E-state index contributed by atoms with van der Waals surface area (Å²) in [5.74, 6) is 0.585. The molecule has 6 heteroatoms. The number of nitrogens with zero attached hydrogens (tertiary/aromatic N) is 1. The Kier molecular flexibility index (Phi) is 3.27. The van der Waals surface area contributed by atoms with Crippen LogP contribution >= 0.6 is 15.9 Å². The van der Waals surface area contributed by atoms with Crippen LogP contribution in [0.25, 0.3) is 0 Å². The standard InChI is InChI=1S/C11H16BrN3O2/c1-11(2)6(4-7(11)17-3)15-9-8(12)10(16)14-5-13-9/h5-7H,4H2,1-3H3,(H2,13,14,15,16). The molecule has 2 atom stereocenters. The van der Waals surface area contributed by atoms with Gasteiger partial charge in [0.05, 0.1) is 12.4 Å². The first-order chi connectivity index (χ1) is 7.96. The fourth-order valence-corrected chi connectivity index (χ4v) is 2.51. The molecule has 17 heavy (non-hydrogen) atoms. The topological polar surface area (TPSA) is 67.0 Å². The molecule has 1 fully saturated rings. The quantitative estimate of drug-likeness (QED) is 0.893. The zero-order valence-electron chi connectivity index (χ0n) is 10.1. The molecule has 0 radical (unpaired) electrons. The number of hydrogen-bond donors (Lipinski definition) is 2. The summed E-state index contributed by atoms with van der Waals surface area (Å²) in [7, 11) is 1.73. The van der Waals surface area contributed by atoms with Crippen LogP contribution in [0.5, 0.6) is 0 Å². The summed E-state index contributed by atoms with van der Waals surface area (Å²) in [6.45, 7) is 4.28. The molecule has 5 nitrogen and oxygen atoms in total. The van der Waals surface area contributed by atoms with E-state index in [-0.39, 0.29) is 23.1 Å². The number of H-pyrrole nitrogens is 1. The average Bonchev–Trinajstić information content (AvgIpc) is 2.29. The minimum absolute atomic E-state index is 0.0402. The smallest absolute Gasteiger partial charge is 0.267 e. The van der Waals surface area contributed by atoms with Gasteiger partial charge in [-0.1, -0.05) is 13.8 Å². The number of aromatic amines is 1. The summed E-state index contributed by atoms with van der Waals surface area (Å²) in [6, 6.07) is 0.262. The van der Waals surface area contributed by atoms with Crippen LogP contribution in [0.2, 0.25) is 0 Å². The monoisotopic (exact) mass is 301 g/mol. The van der Waals surface area contributed by atoms with Crippen LogP contribution in [0, 0.1) is 5.41 Å². The molecule has 1 saturated carbocycles. The van der Waals surface area contributed by atoms with Crippen molar-refractivity contribution in [1.82, 2.24) is 9.97 Å². The lowest BCUT2D eigenvalue weighted by Gasteiger charge is -2.51. The Morgan fingerprint density at radius 1 is 1.65 bits per heavy atom. The minimum atomic E-state index is -0.178. The zero-order chi connectivity index (χ0) is 12.6. The van der Waals surface area contributed by atoms with Crippen molar-refractivity contribution in [2.45, 2.75) is 32.4 Å². The van der Waals surface area contributed by atoms with E-state index < -0.39 is 0 Å². The van der Waals surface area contributed by atoms with Crippen LogP contribution in [-0.4, -0.2) is 29.2 Å². The summed E-state index contributed by atoms with van der Waals surface area (Å²) < 4.78 is 5.82. The predicted molar refractivity (Wildman–Crippen MR) is 69.2 cm³/mol. The molecule has 94 valence electrons. The first-order valence-electron chi connectivity index (χ1n) is 5.49. The van der Waals surface area contributed by atoms with E-state index in [2.05, 4.69) is 45.1 Å². The van der Waals surface area contributed by atoms with E-state index in [1.165, 1.54) is 6.33 Å². The Balaban J connectivity index is 2.13. The molecule has 2 unspecified atom stereocenters. The van der Waals surface area contributed by atoms with Crippen LogP contribution in [0.1, 0.15) is 20.3 Å². The second-order valence-electron chi connectivity index (χ2n) is 4.87. The van der Waals surface area contributed by atoms with E-state index in [4.69, 9.17) is 4.74 Å². The van der Waals surface area contributed by atoms with Crippen LogP contribution < -0.4 is 10.9 Å². The van der Waals surface area contributed by atoms with Crippen molar-refractivity contribution in [2.24, 2.45) is 5.41 Å². The van der Waals surface area contributed by atoms with Crippen molar-refractivity contribution in [2.75, 3.05) is 12.4 Å². The number of aromatic nitrogens is 2. The van der Waals surface area contributed by atoms with Gasteiger partial charge in [-0.05, 0) is 22.4 Å². The first-order valence-corrected chi connectivity index (χ1v) is 6.28. The van der Waals surface area contributed by atoms with E-state index in [1.54, 1.807) is 7.11 Å². The molecule has 1 heterocycles. The van der Waals surface area contributed by atoms with Crippen molar-refractivity contribution < 1.29 is 4.74 Å². The minimum Gasteiger partial charge on any atom is -0.381 e. The molecule has 1 aromatic heterocycles. The summed E-state index contributed by atoms with van der Waals surface area (Å²) in [5.41, 5.74) is -0.138. The van der Waals surface area contributed by atoms with Gasteiger partial charge in [0.25, 0.3) is 5.56 Å². The van der Waals surface area contributed by atoms with Gasteiger partial charge in [0.1, 0.15) is 10.3 Å². The number of hydrogen-bond acceptors (Lipinski definition) is 4. The molecule has 0 saturated heterocycles. The summed E-state index contributed by atoms with van der Waals surface area (Å²) >= 11 is 3.23. The zero-order valence-corrected chi connectivity index (χ0v) is 11.7. The maximum absolute atomic E-state index is 11.4. The van der Waals surface area contributed by atoms with Gasteiger partial charge in [-0.3, -0.25) is 4.79 Å². The Bertz CT molecular complexity index is 472. The summed E-state index contributed by atoms with van der Waals surface area (Å²) in [6.07, 6.45) is 2.57. The van der Waals surface area contributed by atoms with Crippen LogP contribution in [0.4, 0.5) is 5.82 Å². The molecule has 2 rings (SSSR count). The highest BCUT2D eigenvalue weighted by Crippen LogP contribution is 2.44. The van der Waals surface area contributed by atoms with Crippen molar-refractivity contribution in [1.29, 1.82) is 0 Å². The molecule has 0 aromatic carbocycles. The summed E-state index contributed by atoms with van der Waals surface area (Å²) in [4.78, 5) is 18.0. The predicted octanol–water partition coefficient (Wildman–Crippen LogP) is 1.76. The lowest BCUT2D eigenvalue weighted by molar-refractivity contribution is -0.0795. The number of ether oxygens (including phenoxy) is 1. The molecule has 2 N–H and O–H groups in total. The first kappa shape index (κ1) is 12.6. The lowest BCUT2D eigenvalue weighted by atomic mass is 9.64. The highest BCUT2D eigenvalue weighted by Gasteiger charge is 2.48. The number of rotatable bonds is 3. The Hall–Kier alpha value is -0.880. The van der Waals surface area contributed by atoms with E-state index in [1.807, 2.05) is 0 Å². The average molecular weight is 302 g/mol. The van der Waals surface area contributed by atoms with Crippen molar-refractivity contribution in [3.8, 4) is 0 Å². The van der Waals surface area contributed by atoms with E-state index in [0.29, 0.717) is 10.3 Å². The maximum atomic E-state index is 11.4. The lowest BCUT2D eigenvalue weighted by Crippen LogP contribution is -2.57. The van der Waals surface area contributed by atoms with Gasteiger partial charge in [-0.15, -0.1) is 0 Å². The van der Waals surface area contributed by atoms with Gasteiger partial charge in [-0.25, -0.2) is 4.98 Å². The third-order valence-electron chi connectivity index (χ3n) is 3.57. The van der Waals surface area contributed by atoms with Crippen LogP contribution in [0.3, 0.4) is 0 Å². The summed E-state index contributed by atoms with van der Waals surface area (Å²) in [5, 5.41) is 3.28. The third-order valence-corrected chi connectivity index (χ3v) is 4.31. The van der Waals surface area contributed by atoms with Crippen LogP contribution in [-0.2, 0) is 4.74 Å². The highest BCUT2D eigenvalue weighted by molar-refractivity contribution is 9.10. The van der Waals surface area contributed by atoms with Gasteiger partial charge >= 0.3 is 0 Å². The highest BCUT2D eigenvalue weighted by atomic mass is 79.9. The number of nitrogens with one attached hydrogen (secondary N) is 2. The normalized spacial score (nSPS) is 26.4. The molecule has 0 amide bonds. The van der Waals surface area contributed by atoms with Gasteiger partial charge in [-0.2, -0.15) is 0 Å². The molecular weight excluding hydrogens is 286 g/mol. The van der Waals surface area contributed by atoms with E-state index in [0.717, 1.165) is 6.42 Å². The number of halogens is 1. The fourth-order valence-electron chi connectivity index (χ4n) is 2.18. The fraction of sp³-hybridized carbons (Fsp3) is 0.636. The molecule has 0 aliphatic heterocycles. The second-order valence-corrected chi connectivity index (χ2v) is 5.67. The van der Waals surface area contributed by atoms with E-state index >= 15 is 0 Å². The van der Waals surface area contributed by atoms with Gasteiger partial charge in [0, 0.05) is 18.6 Å². The number of methoxy groups -OCH3 is 1. The van der Waals surface area contributed by atoms with E-state index in [9.17, 15) is 4.79 Å². The van der Waals surface area contributed by atoms with Gasteiger partial charge in [0.15, 0.2) is 0 Å². The Labute approximate surface area is 108 Å². The SMILES string of the molecule is COC1CC(Nc2nc[nH]c(=O)c2Br)C1(C)C. The van der Waals surface area contributed by atoms with Crippen molar-refractivity contribution >= 4 is 21.7 Å². The van der Waals surface area contributed by atoms with Crippen molar-refractivity contribution in [3.63, 3.8) is 0 Å². The molecular formula is C11H16BrN3O2. The molecule has 1 aliphatic carbocycles.